The van der Waals surface area contributed by atoms with Crippen molar-refractivity contribution in [1.29, 1.82) is 0 Å². The Morgan fingerprint density at radius 3 is 2.56 bits per heavy atom. The van der Waals surface area contributed by atoms with Gasteiger partial charge in [0.25, 0.3) is 0 Å². The lowest BCUT2D eigenvalue weighted by molar-refractivity contribution is -0.120. The molecule has 0 saturated carbocycles. The van der Waals surface area contributed by atoms with Crippen LogP contribution in [0.2, 0.25) is 0 Å². The summed E-state index contributed by atoms with van der Waals surface area (Å²) in [5, 5.41) is 0. The molecule has 0 heterocycles. The van der Waals surface area contributed by atoms with Crippen LogP contribution in [-0.2, 0) is 4.79 Å². The fourth-order valence-corrected chi connectivity index (χ4v) is 1.58. The number of hydrogen-bond donors (Lipinski definition) is 1. The Morgan fingerprint density at radius 1 is 1.44 bits per heavy atom. The van der Waals surface area contributed by atoms with Crippen LogP contribution < -0.4 is 10.6 Å². The highest BCUT2D eigenvalue weighted by atomic mass is 19.1. The second-order valence-electron chi connectivity index (χ2n) is 5.43. The Balaban J connectivity index is 2.83. The number of hydrogen-bond acceptors (Lipinski definition) is 2. The minimum atomic E-state index is -0.262. The minimum Gasteiger partial charge on any atom is -0.330 e. The largest absolute Gasteiger partial charge is 0.330 e. The van der Waals surface area contributed by atoms with Crippen molar-refractivity contribution < 1.29 is 9.18 Å². The second kappa shape index (κ2) is 5.48. The zero-order valence-corrected chi connectivity index (χ0v) is 11.5. The van der Waals surface area contributed by atoms with E-state index in [0.29, 0.717) is 24.2 Å². The topological polar surface area (TPSA) is 46.3 Å². The van der Waals surface area contributed by atoms with Gasteiger partial charge in [0.15, 0.2) is 0 Å². The van der Waals surface area contributed by atoms with E-state index in [4.69, 9.17) is 5.73 Å². The molecule has 0 fully saturated rings. The number of nitrogens with zero attached hydrogens (tertiary/aromatic N) is 1. The molecule has 0 saturated heterocycles. The third-order valence-corrected chi connectivity index (χ3v) is 3.09. The molecule has 100 valence electrons. The molecule has 18 heavy (non-hydrogen) atoms. The van der Waals surface area contributed by atoms with E-state index in [9.17, 15) is 9.18 Å². The maximum atomic E-state index is 13.2. The third-order valence-electron chi connectivity index (χ3n) is 3.09. The second-order valence-corrected chi connectivity index (χ2v) is 5.43. The average Bonchev–Trinajstić information content (AvgIpc) is 2.31. The quantitative estimate of drug-likeness (QED) is 0.894. The van der Waals surface area contributed by atoms with Crippen molar-refractivity contribution >= 4 is 11.6 Å². The average molecular weight is 252 g/mol. The van der Waals surface area contributed by atoms with Gasteiger partial charge in [-0.2, -0.15) is 0 Å². The van der Waals surface area contributed by atoms with Crippen molar-refractivity contribution in [1.82, 2.24) is 0 Å². The fourth-order valence-electron chi connectivity index (χ4n) is 1.58. The fraction of sp³-hybridized carbons (Fsp3) is 0.500. The molecule has 4 heteroatoms. The molecular weight excluding hydrogens is 231 g/mol. The Bertz CT molecular complexity index is 443. The first kappa shape index (κ1) is 14.6. The van der Waals surface area contributed by atoms with Crippen LogP contribution in [-0.4, -0.2) is 19.5 Å². The predicted octanol–water partition coefficient (Wildman–Crippen LogP) is 2.47. The maximum Gasteiger partial charge on any atom is 0.227 e. The zero-order chi connectivity index (χ0) is 13.9. The van der Waals surface area contributed by atoms with Gasteiger partial charge in [0.05, 0.1) is 0 Å². The van der Waals surface area contributed by atoms with Gasteiger partial charge in [0, 0.05) is 19.2 Å². The highest BCUT2D eigenvalue weighted by molar-refractivity contribution is 5.93. The lowest BCUT2D eigenvalue weighted by Crippen LogP contribution is -2.34. The van der Waals surface area contributed by atoms with Crippen LogP contribution in [0.5, 0.6) is 0 Å². The van der Waals surface area contributed by atoms with Crippen LogP contribution in [0, 0.1) is 18.2 Å². The van der Waals surface area contributed by atoms with E-state index in [1.165, 1.54) is 6.07 Å². The predicted molar refractivity (Wildman–Crippen MR) is 72.0 cm³/mol. The van der Waals surface area contributed by atoms with Crippen molar-refractivity contribution in [3.05, 3.63) is 29.6 Å². The van der Waals surface area contributed by atoms with Crippen molar-refractivity contribution in [3.63, 3.8) is 0 Å². The van der Waals surface area contributed by atoms with Crippen LogP contribution in [0.1, 0.15) is 25.8 Å². The molecule has 0 spiro atoms. The number of benzene rings is 1. The van der Waals surface area contributed by atoms with Crippen molar-refractivity contribution in [2.45, 2.75) is 27.2 Å². The summed E-state index contributed by atoms with van der Waals surface area (Å²) in [7, 11) is 1.70. The van der Waals surface area contributed by atoms with Gasteiger partial charge in [0.2, 0.25) is 5.91 Å². The number of nitrogens with two attached hydrogens (primary N) is 1. The summed E-state index contributed by atoms with van der Waals surface area (Å²) in [6.45, 7) is 6.04. The molecule has 1 aromatic rings. The van der Waals surface area contributed by atoms with Gasteiger partial charge in [-0.25, -0.2) is 4.39 Å². The molecule has 1 amide bonds. The summed E-state index contributed by atoms with van der Waals surface area (Å²) in [6, 6.07) is 4.65. The van der Waals surface area contributed by atoms with Crippen LogP contribution in [0.4, 0.5) is 10.1 Å². The van der Waals surface area contributed by atoms with Gasteiger partial charge in [-0.05, 0) is 42.6 Å². The van der Waals surface area contributed by atoms with Gasteiger partial charge < -0.3 is 10.6 Å². The number of aryl methyl sites for hydroxylation is 1. The number of anilines is 1. The Kier molecular flexibility index (Phi) is 4.46. The number of carbonyl (C=O) groups excluding carboxylic acids is 1. The van der Waals surface area contributed by atoms with E-state index in [2.05, 4.69) is 0 Å². The van der Waals surface area contributed by atoms with Crippen molar-refractivity contribution in [2.75, 3.05) is 18.5 Å². The summed E-state index contributed by atoms with van der Waals surface area (Å²) in [5.74, 6) is -0.279. The van der Waals surface area contributed by atoms with E-state index in [1.54, 1.807) is 31.0 Å². The zero-order valence-electron chi connectivity index (χ0n) is 11.5. The van der Waals surface area contributed by atoms with Gasteiger partial charge in [-0.1, -0.05) is 13.8 Å². The van der Waals surface area contributed by atoms with Crippen LogP contribution in [0.15, 0.2) is 18.2 Å². The Hall–Kier alpha value is -1.42. The molecule has 0 aliphatic heterocycles. The van der Waals surface area contributed by atoms with E-state index in [1.807, 2.05) is 13.8 Å². The highest BCUT2D eigenvalue weighted by Gasteiger charge is 2.23. The van der Waals surface area contributed by atoms with E-state index >= 15 is 0 Å². The van der Waals surface area contributed by atoms with Crippen molar-refractivity contribution in [3.8, 4) is 0 Å². The van der Waals surface area contributed by atoms with E-state index in [-0.39, 0.29) is 17.1 Å². The molecule has 1 rings (SSSR count). The molecule has 0 aliphatic carbocycles. The number of amides is 1. The van der Waals surface area contributed by atoms with E-state index < -0.39 is 0 Å². The van der Waals surface area contributed by atoms with Crippen molar-refractivity contribution in [2.24, 2.45) is 11.1 Å². The molecule has 0 atom stereocenters. The summed E-state index contributed by atoms with van der Waals surface area (Å²) >= 11 is 0. The van der Waals surface area contributed by atoms with Crippen LogP contribution in [0.25, 0.3) is 0 Å². The number of halogens is 1. The molecule has 0 radical (unpaired) electrons. The Morgan fingerprint density at radius 2 is 2.06 bits per heavy atom. The summed E-state index contributed by atoms with van der Waals surface area (Å²) in [6.07, 6.45) is 0.371. The molecule has 0 unspecified atom stereocenters. The first-order valence-electron chi connectivity index (χ1n) is 5.99. The number of rotatable bonds is 4. The first-order valence-corrected chi connectivity index (χ1v) is 5.99. The normalized spacial score (nSPS) is 11.4. The standard InChI is InChI=1S/C14H21FN2O/c1-10-7-11(5-6-12(10)15)17(4)13(18)8-14(2,3)9-16/h5-7H,8-9,16H2,1-4H3. The maximum absolute atomic E-state index is 13.2. The highest BCUT2D eigenvalue weighted by Crippen LogP contribution is 2.23. The Labute approximate surface area is 108 Å². The van der Waals surface area contributed by atoms with Crippen LogP contribution >= 0.6 is 0 Å². The van der Waals surface area contributed by atoms with Gasteiger partial charge >= 0.3 is 0 Å². The number of carbonyl (C=O) groups is 1. The molecule has 0 aromatic heterocycles. The van der Waals surface area contributed by atoms with Gasteiger partial charge in [0.1, 0.15) is 5.82 Å². The van der Waals surface area contributed by atoms with E-state index in [0.717, 1.165) is 0 Å². The van der Waals surface area contributed by atoms with Gasteiger partial charge in [-0.3, -0.25) is 4.79 Å². The molecule has 1 aromatic carbocycles. The smallest absolute Gasteiger partial charge is 0.227 e. The SMILES string of the molecule is Cc1cc(N(C)C(=O)CC(C)(C)CN)ccc1F. The molecule has 0 bridgehead atoms. The third kappa shape index (κ3) is 3.53. The van der Waals surface area contributed by atoms with Gasteiger partial charge in [-0.15, -0.1) is 0 Å². The molecule has 0 aliphatic rings. The monoisotopic (exact) mass is 252 g/mol. The first-order chi connectivity index (χ1) is 8.26. The summed E-state index contributed by atoms with van der Waals surface area (Å²) in [5.41, 5.74) is 6.63. The summed E-state index contributed by atoms with van der Waals surface area (Å²) < 4.78 is 13.2. The lowest BCUT2D eigenvalue weighted by Gasteiger charge is -2.25. The molecule has 3 nitrogen and oxygen atoms in total. The lowest BCUT2D eigenvalue weighted by atomic mass is 9.89. The molecular formula is C14H21FN2O. The van der Waals surface area contributed by atoms with Crippen LogP contribution in [0.3, 0.4) is 0 Å². The summed E-state index contributed by atoms with van der Waals surface area (Å²) in [4.78, 5) is 13.6. The minimum absolute atomic E-state index is 0.0172. The molecule has 2 N–H and O–H groups in total.